The van der Waals surface area contributed by atoms with Gasteiger partial charge in [0.05, 0.1) is 5.02 Å². The first kappa shape index (κ1) is 12.7. The van der Waals surface area contributed by atoms with Gasteiger partial charge in [0.2, 0.25) is 0 Å². The minimum absolute atomic E-state index is 0.444. The Bertz CT molecular complexity index is 852. The Morgan fingerprint density at radius 3 is 2.81 bits per heavy atom. The zero-order valence-electron chi connectivity index (χ0n) is 11.6. The van der Waals surface area contributed by atoms with Crippen molar-refractivity contribution in [2.75, 3.05) is 5.73 Å². The van der Waals surface area contributed by atoms with Gasteiger partial charge in [0, 0.05) is 16.9 Å². The Balaban J connectivity index is 1.93. The number of nitrogens with zero attached hydrogens (tertiary/aromatic N) is 2. The van der Waals surface area contributed by atoms with Crippen LogP contribution in [-0.2, 0) is 0 Å². The molecule has 1 fully saturated rings. The lowest BCUT2D eigenvalue weighted by Crippen LogP contribution is -2.03. The summed E-state index contributed by atoms with van der Waals surface area (Å²) in [6, 6.07) is 7.64. The molecule has 0 aliphatic heterocycles. The summed E-state index contributed by atoms with van der Waals surface area (Å²) in [5, 5.41) is 1.56. The highest BCUT2D eigenvalue weighted by Gasteiger charge is 2.28. The normalized spacial score (nSPS) is 14.8. The molecular weight excluding hydrogens is 286 g/mol. The summed E-state index contributed by atoms with van der Waals surface area (Å²) in [6.07, 6.45) is 2.27. The van der Waals surface area contributed by atoms with E-state index in [1.807, 2.05) is 31.2 Å². The van der Waals surface area contributed by atoms with Crippen molar-refractivity contribution in [3.05, 3.63) is 40.7 Å². The van der Waals surface area contributed by atoms with Gasteiger partial charge in [-0.25, -0.2) is 9.97 Å². The molecule has 0 spiro atoms. The van der Waals surface area contributed by atoms with Crippen molar-refractivity contribution in [2.45, 2.75) is 25.7 Å². The second-order valence-electron chi connectivity index (χ2n) is 5.48. The maximum atomic E-state index is 6.17. The van der Waals surface area contributed by atoms with Crippen molar-refractivity contribution in [3.63, 3.8) is 0 Å². The number of furan rings is 1. The lowest BCUT2D eigenvalue weighted by molar-refractivity contribution is 0.627. The lowest BCUT2D eigenvalue weighted by atomic mass is 10.1. The fourth-order valence-corrected chi connectivity index (χ4v) is 2.68. The molecule has 0 unspecified atom stereocenters. The number of hydrogen-bond donors (Lipinski definition) is 1. The number of hydrogen-bond acceptors (Lipinski definition) is 4. The highest BCUT2D eigenvalue weighted by atomic mass is 35.5. The number of nitrogen functional groups attached to an aromatic ring is 1. The highest BCUT2D eigenvalue weighted by molar-refractivity contribution is 6.34. The predicted octanol–water partition coefficient (Wildman–Crippen LogP) is 4.31. The molecule has 4 rings (SSSR count). The number of anilines is 1. The molecule has 2 heterocycles. The lowest BCUT2D eigenvalue weighted by Gasteiger charge is -2.07. The van der Waals surface area contributed by atoms with Gasteiger partial charge in [0.15, 0.2) is 11.3 Å². The number of aromatic nitrogens is 2. The third-order valence-corrected chi connectivity index (χ3v) is 4.17. The Kier molecular flexibility index (Phi) is 2.69. The van der Waals surface area contributed by atoms with Gasteiger partial charge in [0.1, 0.15) is 17.3 Å². The highest BCUT2D eigenvalue weighted by Crippen LogP contribution is 2.40. The van der Waals surface area contributed by atoms with Crippen LogP contribution in [0.15, 0.2) is 28.7 Å². The number of para-hydroxylation sites is 1. The third-order valence-electron chi connectivity index (χ3n) is 3.87. The Morgan fingerprint density at radius 2 is 2.10 bits per heavy atom. The van der Waals surface area contributed by atoms with Crippen LogP contribution in [0.4, 0.5) is 5.82 Å². The first-order valence-electron chi connectivity index (χ1n) is 6.96. The Hall–Kier alpha value is -2.07. The third kappa shape index (κ3) is 2.07. The average Bonchev–Trinajstić information content (AvgIpc) is 3.21. The molecule has 4 nitrogen and oxygen atoms in total. The molecule has 0 radical (unpaired) electrons. The zero-order chi connectivity index (χ0) is 14.6. The maximum absolute atomic E-state index is 6.17. The number of rotatable bonds is 2. The molecule has 0 atom stereocenters. The van der Waals surface area contributed by atoms with Crippen LogP contribution in [0.2, 0.25) is 5.02 Å². The van der Waals surface area contributed by atoms with Crippen LogP contribution in [0.25, 0.3) is 22.4 Å². The van der Waals surface area contributed by atoms with E-state index < -0.39 is 0 Å². The molecule has 5 heteroatoms. The van der Waals surface area contributed by atoms with Crippen LogP contribution in [-0.4, -0.2) is 9.97 Å². The molecule has 0 saturated heterocycles. The van der Waals surface area contributed by atoms with Crippen LogP contribution in [0.3, 0.4) is 0 Å². The van der Waals surface area contributed by atoms with Crippen LogP contribution >= 0.6 is 11.6 Å². The van der Waals surface area contributed by atoms with Crippen molar-refractivity contribution >= 4 is 28.4 Å². The number of halogens is 1. The SMILES string of the molecule is Cc1c(N)nc(C2CC2)nc1-c1cc2cccc(Cl)c2o1. The first-order chi connectivity index (χ1) is 10.1. The Morgan fingerprint density at radius 1 is 1.29 bits per heavy atom. The van der Waals surface area contributed by atoms with E-state index >= 15 is 0 Å². The molecule has 21 heavy (non-hydrogen) atoms. The van der Waals surface area contributed by atoms with Crippen molar-refractivity contribution < 1.29 is 4.42 Å². The number of nitrogens with two attached hydrogens (primary N) is 1. The van der Waals surface area contributed by atoms with E-state index in [1.54, 1.807) is 0 Å². The smallest absolute Gasteiger partial charge is 0.154 e. The quantitative estimate of drug-likeness (QED) is 0.765. The van der Waals surface area contributed by atoms with Gasteiger partial charge in [-0.05, 0) is 31.9 Å². The van der Waals surface area contributed by atoms with Gasteiger partial charge in [-0.1, -0.05) is 23.7 Å². The fraction of sp³-hybridized carbons (Fsp3) is 0.250. The topological polar surface area (TPSA) is 64.9 Å². The molecule has 1 saturated carbocycles. The van der Waals surface area contributed by atoms with Gasteiger partial charge in [0.25, 0.3) is 0 Å². The van der Waals surface area contributed by atoms with Gasteiger partial charge in [-0.3, -0.25) is 0 Å². The van der Waals surface area contributed by atoms with Crippen LogP contribution in [0, 0.1) is 6.92 Å². The second-order valence-corrected chi connectivity index (χ2v) is 5.89. The van der Waals surface area contributed by atoms with Gasteiger partial charge >= 0.3 is 0 Å². The van der Waals surface area contributed by atoms with Crippen LogP contribution in [0.1, 0.15) is 30.1 Å². The summed E-state index contributed by atoms with van der Waals surface area (Å²) in [5.41, 5.74) is 8.31. The minimum atomic E-state index is 0.444. The van der Waals surface area contributed by atoms with Crippen molar-refractivity contribution in [2.24, 2.45) is 0 Å². The van der Waals surface area contributed by atoms with E-state index in [2.05, 4.69) is 9.97 Å². The van der Waals surface area contributed by atoms with Crippen LogP contribution in [0.5, 0.6) is 0 Å². The van der Waals surface area contributed by atoms with Gasteiger partial charge < -0.3 is 10.2 Å². The summed E-state index contributed by atoms with van der Waals surface area (Å²) < 4.78 is 5.90. The van der Waals surface area contributed by atoms with E-state index in [4.69, 9.17) is 21.8 Å². The summed E-state index contributed by atoms with van der Waals surface area (Å²) in [6.45, 7) is 1.91. The summed E-state index contributed by atoms with van der Waals surface area (Å²) in [5.74, 6) is 2.47. The molecule has 0 bridgehead atoms. The molecule has 2 aromatic heterocycles. The zero-order valence-corrected chi connectivity index (χ0v) is 12.3. The van der Waals surface area contributed by atoms with E-state index in [0.717, 1.165) is 35.3 Å². The second kappa shape index (κ2) is 4.46. The first-order valence-corrected chi connectivity index (χ1v) is 7.33. The molecule has 1 aliphatic carbocycles. The van der Waals surface area contributed by atoms with Gasteiger partial charge in [-0.2, -0.15) is 0 Å². The van der Waals surface area contributed by atoms with Crippen molar-refractivity contribution in [1.29, 1.82) is 0 Å². The molecule has 3 aromatic rings. The fourth-order valence-electron chi connectivity index (χ4n) is 2.46. The van der Waals surface area contributed by atoms with Crippen molar-refractivity contribution in [1.82, 2.24) is 9.97 Å². The molecule has 2 N–H and O–H groups in total. The van der Waals surface area contributed by atoms with E-state index in [9.17, 15) is 0 Å². The minimum Gasteiger partial charge on any atom is -0.453 e. The van der Waals surface area contributed by atoms with Gasteiger partial charge in [-0.15, -0.1) is 0 Å². The van der Waals surface area contributed by atoms with E-state index in [-0.39, 0.29) is 0 Å². The van der Waals surface area contributed by atoms with Crippen LogP contribution < -0.4 is 5.73 Å². The summed E-state index contributed by atoms with van der Waals surface area (Å²) in [7, 11) is 0. The standard InChI is InChI=1S/C16H14ClN3O/c1-8-13(19-16(9-5-6-9)20-15(8)18)12-7-10-3-2-4-11(17)14(10)21-12/h2-4,7,9H,5-6H2,1H3,(H2,18,19,20). The molecular formula is C16H14ClN3O. The molecule has 1 aliphatic rings. The monoisotopic (exact) mass is 299 g/mol. The number of benzene rings is 1. The van der Waals surface area contributed by atoms with E-state index in [0.29, 0.717) is 28.1 Å². The Labute approximate surface area is 127 Å². The average molecular weight is 300 g/mol. The van der Waals surface area contributed by atoms with E-state index in [1.165, 1.54) is 0 Å². The molecule has 106 valence electrons. The predicted molar refractivity (Wildman–Crippen MR) is 83.4 cm³/mol. The largest absolute Gasteiger partial charge is 0.453 e. The molecule has 1 aromatic carbocycles. The molecule has 0 amide bonds. The maximum Gasteiger partial charge on any atom is 0.154 e. The number of fused-ring (bicyclic) bond motifs is 1. The summed E-state index contributed by atoms with van der Waals surface area (Å²) >= 11 is 6.17. The van der Waals surface area contributed by atoms with Crippen molar-refractivity contribution in [3.8, 4) is 11.5 Å². The summed E-state index contributed by atoms with van der Waals surface area (Å²) in [4.78, 5) is 9.05.